The Morgan fingerprint density at radius 2 is 1.88 bits per heavy atom. The second kappa shape index (κ2) is 3.74. The minimum atomic E-state index is 0.239. The summed E-state index contributed by atoms with van der Waals surface area (Å²) in [7, 11) is 0. The summed E-state index contributed by atoms with van der Waals surface area (Å²) < 4.78 is 0. The number of hydrogen-bond acceptors (Lipinski definition) is 1. The Morgan fingerprint density at radius 1 is 1.31 bits per heavy atom. The first-order valence-corrected chi connectivity index (χ1v) is 5.96. The maximum Gasteiger partial charge on any atom is 0.00918 e. The average Bonchev–Trinajstić information content (AvgIpc) is 2.84. The van der Waals surface area contributed by atoms with Crippen LogP contribution in [0.5, 0.6) is 0 Å². The zero-order valence-corrected chi connectivity index (χ0v) is 10.5. The van der Waals surface area contributed by atoms with Crippen molar-refractivity contribution in [3.05, 3.63) is 41.5 Å². The van der Waals surface area contributed by atoms with Gasteiger partial charge in [0.05, 0.1) is 0 Å². The fourth-order valence-electron chi connectivity index (χ4n) is 2.83. The maximum absolute atomic E-state index is 5.96. The van der Waals surface area contributed by atoms with E-state index in [0.29, 0.717) is 5.41 Å². The van der Waals surface area contributed by atoms with Gasteiger partial charge in [0.2, 0.25) is 0 Å². The van der Waals surface area contributed by atoms with Crippen molar-refractivity contribution in [1.29, 1.82) is 0 Å². The molecule has 0 saturated heterocycles. The highest BCUT2D eigenvalue weighted by Crippen LogP contribution is 2.66. The fourth-order valence-corrected chi connectivity index (χ4v) is 2.83. The molecule has 0 heterocycles. The highest BCUT2D eigenvalue weighted by atomic mass is 14.7. The first kappa shape index (κ1) is 11.4. The minimum absolute atomic E-state index is 0.239. The Labute approximate surface area is 98.4 Å². The Morgan fingerprint density at radius 3 is 2.31 bits per heavy atom. The Kier molecular flexibility index (Phi) is 2.67. The zero-order chi connectivity index (χ0) is 11.8. The number of benzene rings is 1. The van der Waals surface area contributed by atoms with Crippen molar-refractivity contribution in [1.82, 2.24) is 0 Å². The van der Waals surface area contributed by atoms with Crippen LogP contribution in [-0.4, -0.2) is 6.54 Å². The van der Waals surface area contributed by atoms with Gasteiger partial charge in [-0.2, -0.15) is 0 Å². The van der Waals surface area contributed by atoms with E-state index in [0.717, 1.165) is 6.54 Å². The predicted octanol–water partition coefficient (Wildman–Crippen LogP) is 3.46. The first-order valence-electron chi connectivity index (χ1n) is 5.96. The van der Waals surface area contributed by atoms with Crippen LogP contribution in [0.3, 0.4) is 0 Å². The SMILES string of the molecule is C/C(=C/c1ccccc1)C1(CN)CC1(C)C. The number of nitrogens with two attached hydrogens (primary N) is 1. The van der Waals surface area contributed by atoms with Gasteiger partial charge in [-0.3, -0.25) is 0 Å². The van der Waals surface area contributed by atoms with Crippen LogP contribution in [0.1, 0.15) is 32.8 Å². The van der Waals surface area contributed by atoms with E-state index in [1.807, 2.05) is 6.07 Å². The van der Waals surface area contributed by atoms with Gasteiger partial charge in [-0.1, -0.05) is 55.8 Å². The summed E-state index contributed by atoms with van der Waals surface area (Å²) >= 11 is 0. The van der Waals surface area contributed by atoms with E-state index in [1.54, 1.807) is 0 Å². The summed E-state index contributed by atoms with van der Waals surface area (Å²) in [5.74, 6) is 0. The van der Waals surface area contributed by atoms with Crippen molar-refractivity contribution in [3.63, 3.8) is 0 Å². The van der Waals surface area contributed by atoms with Gasteiger partial charge in [0.15, 0.2) is 0 Å². The largest absolute Gasteiger partial charge is 0.330 e. The molecule has 1 aliphatic carbocycles. The van der Waals surface area contributed by atoms with E-state index in [2.05, 4.69) is 51.1 Å². The van der Waals surface area contributed by atoms with Gasteiger partial charge in [0.25, 0.3) is 0 Å². The van der Waals surface area contributed by atoms with Crippen molar-refractivity contribution in [2.75, 3.05) is 6.54 Å². The van der Waals surface area contributed by atoms with E-state index in [1.165, 1.54) is 17.6 Å². The molecule has 86 valence electrons. The number of rotatable bonds is 3. The van der Waals surface area contributed by atoms with E-state index >= 15 is 0 Å². The Bertz CT molecular complexity index is 403. The summed E-state index contributed by atoms with van der Waals surface area (Å²) in [6.45, 7) is 7.59. The standard InChI is InChI=1S/C15H21N/c1-12(9-13-7-5-4-6-8-13)15(11-16)10-14(15,2)3/h4-9H,10-11,16H2,1-3H3/b12-9-. The third-order valence-electron chi connectivity index (χ3n) is 4.20. The zero-order valence-electron chi connectivity index (χ0n) is 10.5. The molecular formula is C15H21N. The van der Waals surface area contributed by atoms with Crippen molar-refractivity contribution in [2.45, 2.75) is 27.2 Å². The smallest absolute Gasteiger partial charge is 0.00918 e. The third-order valence-corrected chi connectivity index (χ3v) is 4.20. The van der Waals surface area contributed by atoms with Gasteiger partial charge < -0.3 is 5.73 Å². The third kappa shape index (κ3) is 1.69. The molecule has 0 spiro atoms. The quantitative estimate of drug-likeness (QED) is 0.821. The average molecular weight is 215 g/mol. The van der Waals surface area contributed by atoms with Crippen LogP contribution >= 0.6 is 0 Å². The van der Waals surface area contributed by atoms with Gasteiger partial charge in [0, 0.05) is 12.0 Å². The molecule has 0 radical (unpaired) electrons. The van der Waals surface area contributed by atoms with Crippen LogP contribution in [0, 0.1) is 10.8 Å². The van der Waals surface area contributed by atoms with E-state index in [4.69, 9.17) is 5.73 Å². The Hall–Kier alpha value is -1.08. The molecule has 1 fully saturated rings. The topological polar surface area (TPSA) is 26.0 Å². The molecule has 0 aliphatic heterocycles. The van der Waals surface area contributed by atoms with Crippen molar-refractivity contribution in [3.8, 4) is 0 Å². The molecular weight excluding hydrogens is 194 g/mol. The molecule has 2 rings (SSSR count). The highest BCUT2D eigenvalue weighted by molar-refractivity contribution is 5.56. The van der Waals surface area contributed by atoms with Gasteiger partial charge in [-0.25, -0.2) is 0 Å². The molecule has 16 heavy (non-hydrogen) atoms. The molecule has 1 nitrogen and oxygen atoms in total. The van der Waals surface area contributed by atoms with Crippen LogP contribution in [-0.2, 0) is 0 Å². The summed E-state index contributed by atoms with van der Waals surface area (Å²) in [5, 5.41) is 0. The lowest BCUT2D eigenvalue weighted by atomic mass is 9.87. The van der Waals surface area contributed by atoms with E-state index < -0.39 is 0 Å². The van der Waals surface area contributed by atoms with Crippen molar-refractivity contribution in [2.24, 2.45) is 16.6 Å². The molecule has 1 atom stereocenters. The molecule has 1 heteroatoms. The van der Waals surface area contributed by atoms with Gasteiger partial charge in [-0.15, -0.1) is 0 Å². The summed E-state index contributed by atoms with van der Waals surface area (Å²) in [6.07, 6.45) is 3.49. The molecule has 1 aromatic carbocycles. The Balaban J connectivity index is 2.27. The molecule has 1 saturated carbocycles. The van der Waals surface area contributed by atoms with Crippen LogP contribution in [0.25, 0.3) is 6.08 Å². The minimum Gasteiger partial charge on any atom is -0.330 e. The highest BCUT2D eigenvalue weighted by Gasteiger charge is 2.60. The second-order valence-corrected chi connectivity index (χ2v) is 5.58. The molecule has 0 aromatic heterocycles. The van der Waals surface area contributed by atoms with Crippen molar-refractivity contribution >= 4 is 6.08 Å². The van der Waals surface area contributed by atoms with Gasteiger partial charge >= 0.3 is 0 Å². The van der Waals surface area contributed by atoms with Crippen LogP contribution < -0.4 is 5.73 Å². The maximum atomic E-state index is 5.96. The summed E-state index contributed by atoms with van der Waals surface area (Å²) in [6, 6.07) is 10.5. The van der Waals surface area contributed by atoms with E-state index in [9.17, 15) is 0 Å². The van der Waals surface area contributed by atoms with Crippen LogP contribution in [0.4, 0.5) is 0 Å². The molecule has 0 amide bonds. The normalized spacial score (nSPS) is 27.9. The van der Waals surface area contributed by atoms with Gasteiger partial charge in [-0.05, 0) is 24.3 Å². The molecule has 1 unspecified atom stereocenters. The van der Waals surface area contributed by atoms with Gasteiger partial charge in [0.1, 0.15) is 0 Å². The molecule has 2 N–H and O–H groups in total. The van der Waals surface area contributed by atoms with Crippen molar-refractivity contribution < 1.29 is 0 Å². The lowest BCUT2D eigenvalue weighted by Crippen LogP contribution is -2.22. The monoisotopic (exact) mass is 215 g/mol. The number of hydrogen-bond donors (Lipinski definition) is 1. The molecule has 0 bridgehead atoms. The van der Waals surface area contributed by atoms with Crippen LogP contribution in [0.2, 0.25) is 0 Å². The lowest BCUT2D eigenvalue weighted by Gasteiger charge is -2.19. The van der Waals surface area contributed by atoms with Crippen LogP contribution in [0.15, 0.2) is 35.9 Å². The summed E-state index contributed by atoms with van der Waals surface area (Å²) in [4.78, 5) is 0. The predicted molar refractivity (Wildman–Crippen MR) is 70.0 cm³/mol. The molecule has 1 aliphatic rings. The lowest BCUT2D eigenvalue weighted by molar-refractivity contribution is 0.454. The first-order chi connectivity index (χ1) is 7.52. The summed E-state index contributed by atoms with van der Waals surface area (Å²) in [5.41, 5.74) is 9.27. The second-order valence-electron chi connectivity index (χ2n) is 5.58. The van der Waals surface area contributed by atoms with E-state index in [-0.39, 0.29) is 5.41 Å². The molecule has 1 aromatic rings. The fraction of sp³-hybridized carbons (Fsp3) is 0.467.